The number of benzene rings is 1. The average Bonchev–Trinajstić information content (AvgIpc) is 3.04. The van der Waals surface area contributed by atoms with Crippen molar-refractivity contribution in [3.8, 4) is 11.3 Å². The Bertz CT molecular complexity index is 936. The Morgan fingerprint density at radius 1 is 1.33 bits per heavy atom. The fourth-order valence-electron chi connectivity index (χ4n) is 2.94. The number of hydrogen-bond acceptors (Lipinski definition) is 5. The molecule has 5 nitrogen and oxygen atoms in total. The van der Waals surface area contributed by atoms with E-state index in [9.17, 15) is 4.39 Å². The number of aromatic amines is 1. The summed E-state index contributed by atoms with van der Waals surface area (Å²) in [4.78, 5) is 9.53. The van der Waals surface area contributed by atoms with Gasteiger partial charge in [-0.05, 0) is 24.4 Å². The van der Waals surface area contributed by atoms with Crippen LogP contribution in [0.25, 0.3) is 11.3 Å². The molecule has 0 saturated heterocycles. The van der Waals surface area contributed by atoms with Crippen LogP contribution in [0.3, 0.4) is 0 Å². The maximum absolute atomic E-state index is 13.8. The molecule has 3 aromatic rings. The molecule has 2 aromatic heterocycles. The summed E-state index contributed by atoms with van der Waals surface area (Å²) in [6, 6.07) is 8.35. The van der Waals surface area contributed by atoms with E-state index in [-0.39, 0.29) is 5.82 Å². The first-order valence-corrected chi connectivity index (χ1v) is 8.10. The standard InChI is InChI=1S/C17H15FN4OS/c18-14-4-2-1-3-13(14)16-7-12(23-21-16)10-22-6-5-15-11(9-22)8-19-17(24)20-15/h1-4,7-8H,5-6,9-10H2,(H,19,20,24). The largest absolute Gasteiger partial charge is 0.359 e. The fourth-order valence-corrected chi connectivity index (χ4v) is 3.12. The van der Waals surface area contributed by atoms with E-state index in [1.54, 1.807) is 24.3 Å². The molecule has 1 aliphatic rings. The fraction of sp³-hybridized carbons (Fsp3) is 0.235. The molecule has 0 radical (unpaired) electrons. The van der Waals surface area contributed by atoms with E-state index in [1.807, 2.05) is 6.20 Å². The van der Waals surface area contributed by atoms with Gasteiger partial charge in [-0.25, -0.2) is 9.37 Å². The van der Waals surface area contributed by atoms with Gasteiger partial charge in [0, 0.05) is 48.6 Å². The minimum atomic E-state index is -0.300. The monoisotopic (exact) mass is 342 g/mol. The molecular formula is C17H15FN4OS. The van der Waals surface area contributed by atoms with Crippen LogP contribution in [0.2, 0.25) is 0 Å². The highest BCUT2D eigenvalue weighted by Crippen LogP contribution is 2.24. The second-order valence-electron chi connectivity index (χ2n) is 5.81. The van der Waals surface area contributed by atoms with Crippen molar-refractivity contribution in [2.24, 2.45) is 0 Å². The third kappa shape index (κ3) is 3.00. The maximum Gasteiger partial charge on any atom is 0.196 e. The van der Waals surface area contributed by atoms with Crippen LogP contribution in [0.1, 0.15) is 17.0 Å². The molecule has 4 rings (SSSR count). The Hall–Kier alpha value is -2.38. The second kappa shape index (κ2) is 6.26. The van der Waals surface area contributed by atoms with Gasteiger partial charge in [0.1, 0.15) is 11.5 Å². The lowest BCUT2D eigenvalue weighted by Crippen LogP contribution is -2.30. The summed E-state index contributed by atoms with van der Waals surface area (Å²) in [6.07, 6.45) is 2.71. The van der Waals surface area contributed by atoms with E-state index in [0.717, 1.165) is 30.8 Å². The van der Waals surface area contributed by atoms with Gasteiger partial charge in [0.25, 0.3) is 0 Å². The van der Waals surface area contributed by atoms with Gasteiger partial charge >= 0.3 is 0 Å². The van der Waals surface area contributed by atoms with Gasteiger partial charge in [0.15, 0.2) is 10.5 Å². The summed E-state index contributed by atoms with van der Waals surface area (Å²) < 4.78 is 19.7. The molecule has 0 atom stereocenters. The number of rotatable bonds is 3. The average molecular weight is 342 g/mol. The molecule has 3 heterocycles. The Labute approximate surface area is 143 Å². The van der Waals surface area contributed by atoms with Gasteiger partial charge in [-0.1, -0.05) is 17.3 Å². The molecule has 1 aromatic carbocycles. The smallest absolute Gasteiger partial charge is 0.196 e. The van der Waals surface area contributed by atoms with Crippen molar-refractivity contribution in [2.45, 2.75) is 19.5 Å². The van der Waals surface area contributed by atoms with Crippen LogP contribution in [0, 0.1) is 10.6 Å². The topological polar surface area (TPSA) is 58.0 Å². The van der Waals surface area contributed by atoms with Crippen molar-refractivity contribution in [1.29, 1.82) is 0 Å². The lowest BCUT2D eigenvalue weighted by molar-refractivity contribution is 0.213. The van der Waals surface area contributed by atoms with Crippen molar-refractivity contribution in [3.63, 3.8) is 0 Å². The van der Waals surface area contributed by atoms with E-state index in [2.05, 4.69) is 20.0 Å². The summed E-state index contributed by atoms with van der Waals surface area (Å²) in [5, 5.41) is 3.99. The number of hydrogen-bond donors (Lipinski definition) is 1. The number of H-pyrrole nitrogens is 1. The minimum absolute atomic E-state index is 0.300. The Morgan fingerprint density at radius 3 is 3.08 bits per heavy atom. The van der Waals surface area contributed by atoms with E-state index < -0.39 is 0 Å². The third-order valence-corrected chi connectivity index (χ3v) is 4.35. The van der Waals surface area contributed by atoms with Crippen LogP contribution in [0.4, 0.5) is 4.39 Å². The van der Waals surface area contributed by atoms with Crippen LogP contribution in [0.15, 0.2) is 41.1 Å². The summed E-state index contributed by atoms with van der Waals surface area (Å²) in [5.74, 6) is 0.416. The van der Waals surface area contributed by atoms with Crippen LogP contribution in [-0.4, -0.2) is 26.6 Å². The minimum Gasteiger partial charge on any atom is -0.359 e. The van der Waals surface area contributed by atoms with Crippen molar-refractivity contribution >= 4 is 12.2 Å². The van der Waals surface area contributed by atoms with E-state index in [1.165, 1.54) is 6.07 Å². The SMILES string of the molecule is Fc1ccccc1-c1cc(CN2CCc3[nH]c(=S)ncc3C2)on1. The van der Waals surface area contributed by atoms with Crippen molar-refractivity contribution < 1.29 is 8.91 Å². The zero-order chi connectivity index (χ0) is 16.5. The van der Waals surface area contributed by atoms with E-state index in [4.69, 9.17) is 16.7 Å². The first kappa shape index (κ1) is 15.2. The van der Waals surface area contributed by atoms with Gasteiger partial charge in [0.2, 0.25) is 0 Å². The number of fused-ring (bicyclic) bond motifs is 1. The van der Waals surface area contributed by atoms with Gasteiger partial charge in [-0.15, -0.1) is 0 Å². The van der Waals surface area contributed by atoms with Gasteiger partial charge in [-0.2, -0.15) is 0 Å². The normalized spacial score (nSPS) is 14.5. The first-order chi connectivity index (χ1) is 11.7. The molecule has 1 N–H and O–H groups in total. The molecule has 0 spiro atoms. The highest BCUT2D eigenvalue weighted by atomic mass is 32.1. The molecule has 122 valence electrons. The highest BCUT2D eigenvalue weighted by molar-refractivity contribution is 7.71. The molecular weight excluding hydrogens is 327 g/mol. The maximum atomic E-state index is 13.8. The Balaban J connectivity index is 1.50. The lowest BCUT2D eigenvalue weighted by Gasteiger charge is -2.26. The molecule has 0 aliphatic carbocycles. The Morgan fingerprint density at radius 2 is 2.21 bits per heavy atom. The van der Waals surface area contributed by atoms with Crippen LogP contribution in [0.5, 0.6) is 0 Å². The molecule has 7 heteroatoms. The number of nitrogens with zero attached hydrogens (tertiary/aromatic N) is 3. The molecule has 24 heavy (non-hydrogen) atoms. The zero-order valence-electron chi connectivity index (χ0n) is 12.8. The van der Waals surface area contributed by atoms with Crippen LogP contribution in [-0.2, 0) is 19.5 Å². The number of halogens is 1. The van der Waals surface area contributed by atoms with E-state index >= 15 is 0 Å². The van der Waals surface area contributed by atoms with Gasteiger partial charge in [-0.3, -0.25) is 4.90 Å². The predicted molar refractivity (Wildman–Crippen MR) is 89.1 cm³/mol. The molecule has 0 fully saturated rings. The first-order valence-electron chi connectivity index (χ1n) is 7.69. The summed E-state index contributed by atoms with van der Waals surface area (Å²) in [6.45, 7) is 2.28. The third-order valence-electron chi connectivity index (χ3n) is 4.14. The summed E-state index contributed by atoms with van der Waals surface area (Å²) in [7, 11) is 0. The number of nitrogens with one attached hydrogen (secondary N) is 1. The highest BCUT2D eigenvalue weighted by Gasteiger charge is 2.19. The van der Waals surface area contributed by atoms with Crippen molar-refractivity contribution in [1.82, 2.24) is 20.0 Å². The predicted octanol–water partition coefficient (Wildman–Crippen LogP) is 3.49. The van der Waals surface area contributed by atoms with Gasteiger partial charge in [0.05, 0.1) is 6.54 Å². The zero-order valence-corrected chi connectivity index (χ0v) is 13.6. The summed E-state index contributed by atoms with van der Waals surface area (Å²) >= 11 is 5.06. The quantitative estimate of drug-likeness (QED) is 0.739. The van der Waals surface area contributed by atoms with Crippen molar-refractivity contribution in [3.05, 3.63) is 64.1 Å². The van der Waals surface area contributed by atoms with Crippen LogP contribution >= 0.6 is 12.2 Å². The molecule has 0 saturated carbocycles. The molecule has 1 aliphatic heterocycles. The van der Waals surface area contributed by atoms with Crippen molar-refractivity contribution in [2.75, 3.05) is 6.54 Å². The van der Waals surface area contributed by atoms with Crippen LogP contribution < -0.4 is 0 Å². The van der Waals surface area contributed by atoms with E-state index in [0.29, 0.717) is 28.3 Å². The number of aromatic nitrogens is 3. The molecule has 0 unspecified atom stereocenters. The second-order valence-corrected chi connectivity index (χ2v) is 6.20. The molecule has 0 amide bonds. The molecule has 0 bridgehead atoms. The Kier molecular flexibility index (Phi) is 3.95. The summed E-state index contributed by atoms with van der Waals surface area (Å²) in [5.41, 5.74) is 3.26. The van der Waals surface area contributed by atoms with Gasteiger partial charge < -0.3 is 9.51 Å². The lowest BCUT2D eigenvalue weighted by atomic mass is 10.1.